The largest absolute Gasteiger partial charge is 0.466 e. The highest BCUT2D eigenvalue weighted by molar-refractivity contribution is 7.89. The average molecular weight is 283 g/mol. The Hall–Kier alpha value is -1.40. The van der Waals surface area contributed by atoms with E-state index in [1.807, 2.05) is 0 Å². The summed E-state index contributed by atoms with van der Waals surface area (Å²) in [6.45, 7) is 2.63. The lowest BCUT2D eigenvalue weighted by molar-refractivity contribution is -0.147. The summed E-state index contributed by atoms with van der Waals surface area (Å²) in [5.41, 5.74) is 0. The third kappa shape index (κ3) is 2.96. The predicted molar refractivity (Wildman–Crippen MR) is 69.9 cm³/mol. The molecule has 0 bridgehead atoms. The summed E-state index contributed by atoms with van der Waals surface area (Å²) < 4.78 is 31.0. The van der Waals surface area contributed by atoms with Gasteiger partial charge >= 0.3 is 5.97 Å². The number of esters is 1. The van der Waals surface area contributed by atoms with Gasteiger partial charge in [0, 0.05) is 13.1 Å². The van der Waals surface area contributed by atoms with Gasteiger partial charge in [0.05, 0.1) is 17.4 Å². The summed E-state index contributed by atoms with van der Waals surface area (Å²) >= 11 is 0. The number of carbonyl (C=O) groups excluding carboxylic acids is 1. The molecule has 1 atom stereocenters. The molecule has 1 aromatic carbocycles. The fraction of sp³-hybridized carbons (Fsp3) is 0.462. The molecular formula is C13H17NO4S. The van der Waals surface area contributed by atoms with E-state index in [0.29, 0.717) is 19.6 Å². The molecule has 1 aromatic rings. The van der Waals surface area contributed by atoms with Gasteiger partial charge in [-0.05, 0) is 25.5 Å². The smallest absolute Gasteiger partial charge is 0.310 e. The Morgan fingerprint density at radius 2 is 2.05 bits per heavy atom. The van der Waals surface area contributed by atoms with Gasteiger partial charge in [-0.2, -0.15) is 4.31 Å². The summed E-state index contributed by atoms with van der Waals surface area (Å²) in [6, 6.07) is 8.27. The SMILES string of the molecule is CCOC(=O)[C@H]1CCN(S(=O)(=O)c2ccccc2)C1. The normalized spacial score (nSPS) is 20.4. The van der Waals surface area contributed by atoms with Crippen molar-refractivity contribution >= 4 is 16.0 Å². The van der Waals surface area contributed by atoms with Crippen LogP contribution in [0.15, 0.2) is 35.2 Å². The zero-order chi connectivity index (χ0) is 13.9. The topological polar surface area (TPSA) is 63.7 Å². The molecule has 1 aliphatic heterocycles. The maximum Gasteiger partial charge on any atom is 0.310 e. The van der Waals surface area contributed by atoms with Crippen molar-refractivity contribution in [1.82, 2.24) is 4.31 Å². The van der Waals surface area contributed by atoms with Crippen LogP contribution in [0.25, 0.3) is 0 Å². The van der Waals surface area contributed by atoms with Gasteiger partial charge in [0.25, 0.3) is 0 Å². The van der Waals surface area contributed by atoms with Gasteiger partial charge in [0.2, 0.25) is 10.0 Å². The molecule has 104 valence electrons. The average Bonchev–Trinajstić information content (AvgIpc) is 2.90. The van der Waals surface area contributed by atoms with E-state index in [-0.39, 0.29) is 23.3 Å². The summed E-state index contributed by atoms with van der Waals surface area (Å²) in [7, 11) is -3.49. The van der Waals surface area contributed by atoms with Gasteiger partial charge in [0.15, 0.2) is 0 Å². The Balaban J connectivity index is 2.11. The number of hydrogen-bond donors (Lipinski definition) is 0. The van der Waals surface area contributed by atoms with Crippen LogP contribution < -0.4 is 0 Å². The van der Waals surface area contributed by atoms with Crippen LogP contribution in [-0.4, -0.2) is 38.4 Å². The summed E-state index contributed by atoms with van der Waals surface area (Å²) in [6.07, 6.45) is 0.519. The first-order valence-corrected chi connectivity index (χ1v) is 7.71. The third-order valence-corrected chi connectivity index (χ3v) is 5.03. The van der Waals surface area contributed by atoms with Gasteiger partial charge in [-0.3, -0.25) is 4.79 Å². The van der Waals surface area contributed by atoms with Crippen LogP contribution in [0.4, 0.5) is 0 Å². The van der Waals surface area contributed by atoms with Crippen LogP contribution in [0.2, 0.25) is 0 Å². The second-order valence-electron chi connectivity index (χ2n) is 4.41. The molecule has 6 heteroatoms. The molecule has 0 aromatic heterocycles. The molecule has 0 unspecified atom stereocenters. The van der Waals surface area contributed by atoms with Crippen molar-refractivity contribution < 1.29 is 17.9 Å². The van der Waals surface area contributed by atoms with Crippen molar-refractivity contribution in [2.45, 2.75) is 18.2 Å². The fourth-order valence-electron chi connectivity index (χ4n) is 2.14. The van der Waals surface area contributed by atoms with Crippen LogP contribution in [0, 0.1) is 5.92 Å². The third-order valence-electron chi connectivity index (χ3n) is 3.15. The summed E-state index contributed by atoms with van der Waals surface area (Å²) in [5.74, 6) is -0.660. The number of nitrogens with zero attached hydrogens (tertiary/aromatic N) is 1. The van der Waals surface area contributed by atoms with Crippen LogP contribution >= 0.6 is 0 Å². The monoisotopic (exact) mass is 283 g/mol. The lowest BCUT2D eigenvalue weighted by atomic mass is 10.1. The molecule has 1 aliphatic rings. The Kier molecular flexibility index (Phi) is 4.21. The Labute approximate surface area is 113 Å². The summed E-state index contributed by atoms with van der Waals surface area (Å²) in [5, 5.41) is 0. The minimum atomic E-state index is -3.49. The zero-order valence-corrected chi connectivity index (χ0v) is 11.6. The number of sulfonamides is 1. The van der Waals surface area contributed by atoms with Crippen LogP contribution in [0.5, 0.6) is 0 Å². The van der Waals surface area contributed by atoms with Crippen molar-refractivity contribution in [3.63, 3.8) is 0 Å². The molecule has 0 saturated carbocycles. The molecule has 0 aliphatic carbocycles. The van der Waals surface area contributed by atoms with Gasteiger partial charge in [-0.25, -0.2) is 8.42 Å². The highest BCUT2D eigenvalue weighted by Gasteiger charge is 2.36. The minimum absolute atomic E-state index is 0.204. The maximum absolute atomic E-state index is 12.3. The van der Waals surface area contributed by atoms with E-state index in [2.05, 4.69) is 0 Å². The molecule has 1 heterocycles. The molecule has 0 radical (unpaired) electrons. The van der Waals surface area contributed by atoms with Crippen molar-refractivity contribution in [3.05, 3.63) is 30.3 Å². The lowest BCUT2D eigenvalue weighted by Crippen LogP contribution is -2.30. The fourth-order valence-corrected chi connectivity index (χ4v) is 3.66. The predicted octanol–water partition coefficient (Wildman–Crippen LogP) is 1.26. The second-order valence-corrected chi connectivity index (χ2v) is 6.35. The van der Waals surface area contributed by atoms with Crippen LogP contribution in [0.1, 0.15) is 13.3 Å². The zero-order valence-electron chi connectivity index (χ0n) is 10.8. The first kappa shape index (κ1) is 14.0. The Bertz CT molecular complexity index is 541. The standard InChI is InChI=1S/C13H17NO4S/c1-2-18-13(15)11-8-9-14(10-11)19(16,17)12-6-4-3-5-7-12/h3-7,11H,2,8-10H2,1H3/t11-/m0/s1. The molecule has 0 amide bonds. The number of benzene rings is 1. The Morgan fingerprint density at radius 1 is 1.37 bits per heavy atom. The molecule has 19 heavy (non-hydrogen) atoms. The molecule has 0 N–H and O–H groups in total. The van der Waals surface area contributed by atoms with Crippen LogP contribution in [0.3, 0.4) is 0 Å². The van der Waals surface area contributed by atoms with E-state index < -0.39 is 10.0 Å². The van der Waals surface area contributed by atoms with E-state index in [0.717, 1.165) is 0 Å². The molecule has 2 rings (SSSR count). The van der Waals surface area contributed by atoms with Crippen molar-refractivity contribution in [2.75, 3.05) is 19.7 Å². The van der Waals surface area contributed by atoms with Gasteiger partial charge < -0.3 is 4.74 Å². The van der Waals surface area contributed by atoms with Crippen molar-refractivity contribution in [1.29, 1.82) is 0 Å². The molecule has 1 saturated heterocycles. The highest BCUT2D eigenvalue weighted by atomic mass is 32.2. The first-order valence-electron chi connectivity index (χ1n) is 6.27. The van der Waals surface area contributed by atoms with E-state index in [9.17, 15) is 13.2 Å². The minimum Gasteiger partial charge on any atom is -0.466 e. The number of hydrogen-bond acceptors (Lipinski definition) is 4. The molecule has 1 fully saturated rings. The van der Waals surface area contributed by atoms with E-state index in [1.54, 1.807) is 37.3 Å². The van der Waals surface area contributed by atoms with E-state index in [1.165, 1.54) is 4.31 Å². The molecular weight excluding hydrogens is 266 g/mol. The second kappa shape index (κ2) is 5.71. The molecule has 5 nitrogen and oxygen atoms in total. The summed E-state index contributed by atoms with van der Waals surface area (Å²) in [4.78, 5) is 11.9. The quantitative estimate of drug-likeness (QED) is 0.780. The van der Waals surface area contributed by atoms with E-state index in [4.69, 9.17) is 4.74 Å². The van der Waals surface area contributed by atoms with Crippen LogP contribution in [-0.2, 0) is 19.6 Å². The van der Waals surface area contributed by atoms with E-state index >= 15 is 0 Å². The van der Waals surface area contributed by atoms with Crippen molar-refractivity contribution in [2.24, 2.45) is 5.92 Å². The van der Waals surface area contributed by atoms with Gasteiger partial charge in [0.1, 0.15) is 0 Å². The maximum atomic E-state index is 12.3. The highest BCUT2D eigenvalue weighted by Crippen LogP contribution is 2.24. The number of rotatable bonds is 4. The molecule has 0 spiro atoms. The van der Waals surface area contributed by atoms with Gasteiger partial charge in [-0.1, -0.05) is 18.2 Å². The Morgan fingerprint density at radius 3 is 2.68 bits per heavy atom. The van der Waals surface area contributed by atoms with Crippen molar-refractivity contribution in [3.8, 4) is 0 Å². The lowest BCUT2D eigenvalue weighted by Gasteiger charge is -2.16. The first-order chi connectivity index (χ1) is 9.05. The number of carbonyl (C=O) groups is 1. The number of ether oxygens (including phenoxy) is 1. The van der Waals surface area contributed by atoms with Gasteiger partial charge in [-0.15, -0.1) is 0 Å².